The predicted octanol–water partition coefficient (Wildman–Crippen LogP) is 6.25. The highest BCUT2D eigenvalue weighted by Crippen LogP contribution is 2.44. The second-order valence-corrected chi connectivity index (χ2v) is 10.5. The Morgan fingerprint density at radius 1 is 1.00 bits per heavy atom. The number of hydrogen-bond donors (Lipinski definition) is 1. The molecule has 2 heterocycles. The number of thioether (sulfide) groups is 1. The van der Waals surface area contributed by atoms with Gasteiger partial charge in [-0.1, -0.05) is 77.2 Å². The van der Waals surface area contributed by atoms with E-state index in [0.717, 1.165) is 5.56 Å². The fraction of sp³-hybridized carbons (Fsp3) is 0.0769. The minimum atomic E-state index is -0.884. The molecular formula is C26H17ClFN3O3S2. The first kappa shape index (κ1) is 24.2. The van der Waals surface area contributed by atoms with Gasteiger partial charge in [-0.2, -0.15) is 0 Å². The molecular weight excluding hydrogens is 521 g/mol. The van der Waals surface area contributed by atoms with E-state index in [1.807, 2.05) is 6.07 Å². The average molecular weight is 538 g/mol. The molecule has 0 radical (unpaired) electrons. The lowest BCUT2D eigenvalue weighted by molar-refractivity contribution is -0.132. The van der Waals surface area contributed by atoms with Crippen molar-refractivity contribution in [1.82, 2.24) is 10.2 Å². The highest BCUT2D eigenvalue weighted by atomic mass is 35.5. The summed E-state index contributed by atoms with van der Waals surface area (Å²) in [7, 11) is 0. The first-order chi connectivity index (χ1) is 17.4. The molecule has 1 aromatic heterocycles. The quantitative estimate of drug-likeness (QED) is 0.103. The minimum absolute atomic E-state index is 0.0377. The molecule has 5 rings (SSSR count). The summed E-state index contributed by atoms with van der Waals surface area (Å²) >= 11 is 8.53. The van der Waals surface area contributed by atoms with Crippen molar-refractivity contribution in [3.8, 4) is 0 Å². The number of aromatic nitrogens is 2. The molecule has 36 heavy (non-hydrogen) atoms. The van der Waals surface area contributed by atoms with Gasteiger partial charge in [-0.3, -0.25) is 14.5 Å². The Morgan fingerprint density at radius 3 is 2.39 bits per heavy atom. The monoisotopic (exact) mass is 537 g/mol. The lowest BCUT2D eigenvalue weighted by atomic mass is 9.95. The van der Waals surface area contributed by atoms with Crippen molar-refractivity contribution in [3.05, 3.63) is 112 Å². The molecule has 1 aliphatic heterocycles. The van der Waals surface area contributed by atoms with Gasteiger partial charge in [0.15, 0.2) is 4.34 Å². The zero-order valence-corrected chi connectivity index (χ0v) is 20.9. The molecule has 6 nitrogen and oxygen atoms in total. The summed E-state index contributed by atoms with van der Waals surface area (Å²) < 4.78 is 13.7. The number of nitrogens with zero attached hydrogens (tertiary/aromatic N) is 3. The highest BCUT2D eigenvalue weighted by Gasteiger charge is 2.48. The van der Waals surface area contributed by atoms with E-state index in [1.54, 1.807) is 60.7 Å². The molecule has 3 aromatic carbocycles. The van der Waals surface area contributed by atoms with E-state index >= 15 is 0 Å². The van der Waals surface area contributed by atoms with Crippen LogP contribution < -0.4 is 4.90 Å². The maximum Gasteiger partial charge on any atom is 0.301 e. The molecule has 1 unspecified atom stereocenters. The van der Waals surface area contributed by atoms with Crippen LogP contribution in [-0.4, -0.2) is 27.0 Å². The molecule has 1 saturated heterocycles. The number of benzene rings is 3. The van der Waals surface area contributed by atoms with Crippen LogP contribution in [0.1, 0.15) is 22.7 Å². The number of Topliss-reactive ketones (excluding diaryl/α,β-unsaturated/α-hetero) is 1. The molecule has 0 bridgehead atoms. The van der Waals surface area contributed by atoms with Crippen LogP contribution >= 0.6 is 34.7 Å². The Balaban J connectivity index is 1.51. The van der Waals surface area contributed by atoms with Crippen molar-refractivity contribution >= 4 is 57.3 Å². The van der Waals surface area contributed by atoms with Crippen molar-refractivity contribution in [2.75, 3.05) is 4.90 Å². The number of hydrogen-bond acceptors (Lipinski definition) is 7. The zero-order chi connectivity index (χ0) is 25.2. The summed E-state index contributed by atoms with van der Waals surface area (Å²) in [6, 6.07) is 20.6. The van der Waals surface area contributed by atoms with E-state index in [2.05, 4.69) is 10.2 Å². The smallest absolute Gasteiger partial charge is 0.301 e. The Labute approximate surface area is 219 Å². The summed E-state index contributed by atoms with van der Waals surface area (Å²) in [5.74, 6) is -1.68. The van der Waals surface area contributed by atoms with Gasteiger partial charge in [0.25, 0.3) is 5.78 Å². The van der Waals surface area contributed by atoms with E-state index in [-0.39, 0.29) is 22.3 Å². The molecule has 10 heteroatoms. The minimum Gasteiger partial charge on any atom is -0.507 e. The predicted molar refractivity (Wildman–Crippen MR) is 139 cm³/mol. The van der Waals surface area contributed by atoms with Gasteiger partial charge in [0.2, 0.25) is 5.13 Å². The van der Waals surface area contributed by atoms with Gasteiger partial charge in [0, 0.05) is 16.3 Å². The lowest BCUT2D eigenvalue weighted by Gasteiger charge is -2.22. The number of carbonyl (C=O) groups is 2. The van der Waals surface area contributed by atoms with Crippen LogP contribution in [0.15, 0.2) is 88.8 Å². The molecule has 0 spiro atoms. The standard InChI is InChI=1S/C26H17ClFN3O3S2/c27-18-10-8-17(9-11-18)22(32)20-21(16-4-2-1-3-5-16)31(24(34)23(20)33)25-29-30-26(36-25)35-14-15-6-12-19(28)13-7-15/h1-13,21,32H,14H2/b22-20-. The van der Waals surface area contributed by atoms with Crippen LogP contribution in [0.3, 0.4) is 0 Å². The number of halogens is 2. The van der Waals surface area contributed by atoms with Gasteiger partial charge in [-0.25, -0.2) is 4.39 Å². The van der Waals surface area contributed by atoms with Crippen LogP contribution in [0.5, 0.6) is 0 Å². The van der Waals surface area contributed by atoms with Gasteiger partial charge in [-0.15, -0.1) is 10.2 Å². The molecule has 1 N–H and O–H groups in total. The van der Waals surface area contributed by atoms with Crippen molar-refractivity contribution in [2.24, 2.45) is 0 Å². The second-order valence-electron chi connectivity index (χ2n) is 7.85. The molecule has 1 fully saturated rings. The molecule has 1 amide bonds. The third-order valence-corrected chi connectivity index (χ3v) is 7.93. The molecule has 0 aliphatic carbocycles. The third-order valence-electron chi connectivity index (χ3n) is 5.55. The number of ketones is 1. The average Bonchev–Trinajstić information content (AvgIpc) is 3.46. The second kappa shape index (κ2) is 10.2. The van der Waals surface area contributed by atoms with E-state index in [0.29, 0.717) is 26.2 Å². The van der Waals surface area contributed by atoms with E-state index in [4.69, 9.17) is 11.6 Å². The molecule has 1 aliphatic rings. The van der Waals surface area contributed by atoms with Crippen molar-refractivity contribution in [1.29, 1.82) is 0 Å². The number of anilines is 1. The van der Waals surface area contributed by atoms with Crippen LogP contribution in [0.2, 0.25) is 5.02 Å². The number of rotatable bonds is 6. The number of carbonyl (C=O) groups excluding carboxylic acids is 2. The molecule has 4 aromatic rings. The van der Waals surface area contributed by atoms with Crippen molar-refractivity contribution < 1.29 is 19.1 Å². The van der Waals surface area contributed by atoms with Crippen LogP contribution in [-0.2, 0) is 15.3 Å². The lowest BCUT2D eigenvalue weighted by Crippen LogP contribution is -2.29. The Bertz CT molecular complexity index is 1460. The van der Waals surface area contributed by atoms with Crippen LogP contribution in [0.4, 0.5) is 9.52 Å². The Kier molecular flexibility index (Phi) is 6.86. The molecule has 0 saturated carbocycles. The summed E-state index contributed by atoms with van der Waals surface area (Å²) in [6.07, 6.45) is 0. The summed E-state index contributed by atoms with van der Waals surface area (Å²) in [4.78, 5) is 27.7. The van der Waals surface area contributed by atoms with Crippen molar-refractivity contribution in [2.45, 2.75) is 16.1 Å². The topological polar surface area (TPSA) is 83.4 Å². The van der Waals surface area contributed by atoms with Crippen LogP contribution in [0.25, 0.3) is 5.76 Å². The van der Waals surface area contributed by atoms with E-state index < -0.39 is 17.7 Å². The largest absolute Gasteiger partial charge is 0.507 e. The Morgan fingerprint density at radius 2 is 1.69 bits per heavy atom. The third kappa shape index (κ3) is 4.77. The number of aliphatic hydroxyl groups excluding tert-OH is 1. The summed E-state index contributed by atoms with van der Waals surface area (Å²) in [5.41, 5.74) is 1.88. The van der Waals surface area contributed by atoms with E-state index in [1.165, 1.54) is 40.1 Å². The first-order valence-electron chi connectivity index (χ1n) is 10.7. The van der Waals surface area contributed by atoms with Gasteiger partial charge in [-0.05, 0) is 47.5 Å². The van der Waals surface area contributed by atoms with Gasteiger partial charge in [0.05, 0.1) is 11.6 Å². The summed E-state index contributed by atoms with van der Waals surface area (Å²) in [5, 5.41) is 20.2. The maximum absolute atomic E-state index is 13.2. The highest BCUT2D eigenvalue weighted by molar-refractivity contribution is 8.00. The van der Waals surface area contributed by atoms with Gasteiger partial charge in [0.1, 0.15) is 11.6 Å². The fourth-order valence-electron chi connectivity index (χ4n) is 3.83. The Hall–Kier alpha value is -3.53. The van der Waals surface area contributed by atoms with Crippen molar-refractivity contribution in [3.63, 3.8) is 0 Å². The van der Waals surface area contributed by atoms with Crippen LogP contribution in [0, 0.1) is 5.82 Å². The van der Waals surface area contributed by atoms with Gasteiger partial charge >= 0.3 is 5.91 Å². The maximum atomic E-state index is 13.2. The zero-order valence-electron chi connectivity index (χ0n) is 18.5. The summed E-state index contributed by atoms with van der Waals surface area (Å²) in [6.45, 7) is 0. The molecule has 180 valence electrons. The fourth-order valence-corrected chi connectivity index (χ4v) is 5.78. The number of amides is 1. The normalized spacial score (nSPS) is 17.1. The van der Waals surface area contributed by atoms with E-state index in [9.17, 15) is 19.1 Å². The number of aliphatic hydroxyl groups is 1. The van der Waals surface area contributed by atoms with Gasteiger partial charge < -0.3 is 5.11 Å². The SMILES string of the molecule is O=C1C(=O)N(c2nnc(SCc3ccc(F)cc3)s2)C(c2ccccc2)/C1=C(/O)c1ccc(Cl)cc1. The first-order valence-corrected chi connectivity index (χ1v) is 12.9. The molecule has 1 atom stereocenters.